The van der Waals surface area contributed by atoms with Gasteiger partial charge in [-0.2, -0.15) is 5.48 Å². The fraction of sp³-hybridized carbons (Fsp3) is 0.611. The van der Waals surface area contributed by atoms with Crippen molar-refractivity contribution in [3.63, 3.8) is 0 Å². The zero-order valence-electron chi connectivity index (χ0n) is 14.6. The van der Waals surface area contributed by atoms with Crippen LogP contribution < -0.4 is 16.2 Å². The molecule has 3 saturated heterocycles. The number of hydrogen-bond donors (Lipinski definition) is 3. The van der Waals surface area contributed by atoms with E-state index in [1.54, 1.807) is 0 Å². The van der Waals surface area contributed by atoms with E-state index in [2.05, 4.69) is 21.2 Å². The predicted molar refractivity (Wildman–Crippen MR) is 97.2 cm³/mol. The largest absolute Gasteiger partial charge is 0.375 e. The van der Waals surface area contributed by atoms with Gasteiger partial charge in [-0.15, -0.1) is 0 Å². The topological polar surface area (TPSA) is 74.9 Å². The summed E-state index contributed by atoms with van der Waals surface area (Å²) in [5.74, 6) is -0.0168. The van der Waals surface area contributed by atoms with Crippen LogP contribution in [0.1, 0.15) is 24.8 Å². The van der Waals surface area contributed by atoms with E-state index in [1.165, 1.54) is 0 Å². The lowest BCUT2D eigenvalue weighted by atomic mass is 10.0. The number of ether oxygens (including phenoxy) is 1. The molecule has 1 aromatic rings. The second kappa shape index (κ2) is 8.21. The van der Waals surface area contributed by atoms with E-state index in [-0.39, 0.29) is 30.2 Å². The normalized spacial score (nSPS) is 32.2. The van der Waals surface area contributed by atoms with Crippen molar-refractivity contribution in [1.82, 2.24) is 21.2 Å². The molecular weight excluding hydrogens is 356 g/mol. The Bertz CT molecular complexity index is 641. The summed E-state index contributed by atoms with van der Waals surface area (Å²) in [6, 6.07) is 7.55. The average Bonchev–Trinajstić information content (AvgIpc) is 3.38. The average molecular weight is 381 g/mol. The molecule has 0 saturated carbocycles. The van der Waals surface area contributed by atoms with E-state index in [0.29, 0.717) is 19.5 Å². The van der Waals surface area contributed by atoms with Crippen molar-refractivity contribution in [2.24, 2.45) is 0 Å². The highest BCUT2D eigenvalue weighted by Gasteiger charge is 2.38. The van der Waals surface area contributed by atoms with Crippen LogP contribution in [0, 0.1) is 0 Å². The third-order valence-corrected chi connectivity index (χ3v) is 5.56. The van der Waals surface area contributed by atoms with Crippen molar-refractivity contribution in [1.29, 1.82) is 0 Å². The number of halogens is 1. The summed E-state index contributed by atoms with van der Waals surface area (Å²) in [6.45, 7) is 2.94. The first-order valence-electron chi connectivity index (χ1n) is 9.24. The van der Waals surface area contributed by atoms with Gasteiger partial charge in [0.05, 0.1) is 12.1 Å². The second-order valence-corrected chi connectivity index (χ2v) is 7.56. The number of amides is 1. The lowest BCUT2D eigenvalue weighted by molar-refractivity contribution is -0.125. The fourth-order valence-electron chi connectivity index (χ4n) is 3.77. The Hall–Kier alpha value is -1.22. The van der Waals surface area contributed by atoms with E-state index in [1.807, 2.05) is 24.3 Å². The summed E-state index contributed by atoms with van der Waals surface area (Å²) in [5, 5.41) is 5.94. The summed E-state index contributed by atoms with van der Waals surface area (Å²) in [5.41, 5.74) is 7.26. The van der Waals surface area contributed by atoms with Crippen LogP contribution in [0.4, 0.5) is 0 Å². The number of hydroxylamine groups is 1. The first-order chi connectivity index (χ1) is 12.7. The van der Waals surface area contributed by atoms with Crippen LogP contribution in [0.25, 0.3) is 0 Å². The van der Waals surface area contributed by atoms with Gasteiger partial charge < -0.3 is 10.1 Å². The maximum absolute atomic E-state index is 12.5. The highest BCUT2D eigenvalue weighted by atomic mass is 35.5. The molecule has 3 aliphatic heterocycles. The zero-order chi connectivity index (χ0) is 17.9. The molecule has 0 bridgehead atoms. The second-order valence-electron chi connectivity index (χ2n) is 7.15. The molecule has 7 nitrogen and oxygen atoms in total. The Morgan fingerprint density at radius 1 is 1.35 bits per heavy atom. The van der Waals surface area contributed by atoms with Gasteiger partial charge in [0.2, 0.25) is 5.91 Å². The number of benzene rings is 1. The minimum Gasteiger partial charge on any atom is -0.375 e. The van der Waals surface area contributed by atoms with E-state index >= 15 is 0 Å². The van der Waals surface area contributed by atoms with E-state index in [4.69, 9.17) is 21.2 Å². The van der Waals surface area contributed by atoms with Gasteiger partial charge in [-0.05, 0) is 24.5 Å². The number of nitrogens with one attached hydrogen (secondary N) is 3. The van der Waals surface area contributed by atoms with Crippen LogP contribution >= 0.6 is 11.6 Å². The minimum absolute atomic E-state index is 0.0168. The molecule has 0 aliphatic carbocycles. The zero-order valence-corrected chi connectivity index (χ0v) is 15.4. The standard InChI is InChI=1S/C18H25ClN4O3/c19-14-5-2-1-4-12(14)10-23-11-13(9-20-23)21-18(24)15-8-17(26-22-15)16-6-3-7-25-16/h1-2,4-5,13,15-17,20,22H,3,6-11H2,(H,21,24). The molecule has 3 fully saturated rings. The summed E-state index contributed by atoms with van der Waals surface area (Å²) < 4.78 is 5.65. The molecule has 142 valence electrons. The van der Waals surface area contributed by atoms with E-state index in [0.717, 1.165) is 36.6 Å². The van der Waals surface area contributed by atoms with E-state index < -0.39 is 0 Å². The van der Waals surface area contributed by atoms with Crippen LogP contribution in [0.5, 0.6) is 0 Å². The van der Waals surface area contributed by atoms with Crippen LogP contribution in [-0.2, 0) is 20.9 Å². The number of hydrogen-bond acceptors (Lipinski definition) is 6. The Morgan fingerprint density at radius 3 is 3.04 bits per heavy atom. The van der Waals surface area contributed by atoms with Gasteiger partial charge in [0, 0.05) is 37.7 Å². The monoisotopic (exact) mass is 380 g/mol. The van der Waals surface area contributed by atoms with Gasteiger partial charge in [-0.25, -0.2) is 5.01 Å². The van der Waals surface area contributed by atoms with Crippen molar-refractivity contribution < 1.29 is 14.4 Å². The lowest BCUT2D eigenvalue weighted by Gasteiger charge is -2.18. The minimum atomic E-state index is -0.318. The summed E-state index contributed by atoms with van der Waals surface area (Å²) in [4.78, 5) is 18.1. The molecule has 3 aliphatic rings. The number of carbonyl (C=O) groups is 1. The molecule has 3 heterocycles. The SMILES string of the molecule is O=C(NC1CNN(Cc2ccccc2Cl)C1)C1CC(C2CCCO2)ON1. The summed E-state index contributed by atoms with van der Waals surface area (Å²) >= 11 is 6.22. The van der Waals surface area contributed by atoms with Crippen molar-refractivity contribution >= 4 is 17.5 Å². The van der Waals surface area contributed by atoms with Crippen molar-refractivity contribution in [3.05, 3.63) is 34.9 Å². The van der Waals surface area contributed by atoms with Crippen molar-refractivity contribution in [2.45, 2.75) is 50.1 Å². The number of hydrazine groups is 1. The molecule has 8 heteroatoms. The van der Waals surface area contributed by atoms with Gasteiger partial charge in [0.1, 0.15) is 12.1 Å². The smallest absolute Gasteiger partial charge is 0.239 e. The van der Waals surface area contributed by atoms with Crippen LogP contribution in [-0.4, -0.2) is 54.9 Å². The Kier molecular flexibility index (Phi) is 5.73. The van der Waals surface area contributed by atoms with Crippen LogP contribution in [0.15, 0.2) is 24.3 Å². The molecule has 0 radical (unpaired) electrons. The Balaban J connectivity index is 1.23. The van der Waals surface area contributed by atoms with Crippen molar-refractivity contribution in [2.75, 3.05) is 19.7 Å². The molecular formula is C18H25ClN4O3. The summed E-state index contributed by atoms with van der Waals surface area (Å²) in [6.07, 6.45) is 2.80. The predicted octanol–water partition coefficient (Wildman–Crippen LogP) is 0.986. The maximum Gasteiger partial charge on any atom is 0.239 e. The van der Waals surface area contributed by atoms with Gasteiger partial charge >= 0.3 is 0 Å². The number of carbonyl (C=O) groups excluding carboxylic acids is 1. The molecule has 1 amide bonds. The Morgan fingerprint density at radius 2 is 2.23 bits per heavy atom. The first-order valence-corrected chi connectivity index (χ1v) is 9.62. The third-order valence-electron chi connectivity index (χ3n) is 5.19. The molecule has 3 N–H and O–H groups in total. The Labute approximate surface area is 158 Å². The molecule has 1 aromatic carbocycles. The molecule has 4 rings (SSSR count). The van der Waals surface area contributed by atoms with Gasteiger partial charge in [0.15, 0.2) is 0 Å². The van der Waals surface area contributed by atoms with Crippen LogP contribution in [0.3, 0.4) is 0 Å². The maximum atomic E-state index is 12.5. The van der Waals surface area contributed by atoms with E-state index in [9.17, 15) is 4.79 Å². The molecule has 26 heavy (non-hydrogen) atoms. The van der Waals surface area contributed by atoms with Gasteiger partial charge in [-0.1, -0.05) is 29.8 Å². The summed E-state index contributed by atoms with van der Waals surface area (Å²) in [7, 11) is 0. The molecule has 0 spiro atoms. The lowest BCUT2D eigenvalue weighted by Crippen LogP contribution is -2.47. The van der Waals surface area contributed by atoms with Gasteiger partial charge in [-0.3, -0.25) is 15.1 Å². The first kappa shape index (κ1) is 18.2. The highest BCUT2D eigenvalue weighted by Crippen LogP contribution is 2.24. The molecule has 0 aromatic heterocycles. The third kappa shape index (κ3) is 4.19. The molecule has 4 unspecified atom stereocenters. The fourth-order valence-corrected chi connectivity index (χ4v) is 3.96. The van der Waals surface area contributed by atoms with Gasteiger partial charge in [0.25, 0.3) is 0 Å². The number of rotatable bonds is 5. The number of nitrogens with zero attached hydrogens (tertiary/aromatic N) is 1. The van der Waals surface area contributed by atoms with Crippen molar-refractivity contribution in [3.8, 4) is 0 Å². The highest BCUT2D eigenvalue weighted by molar-refractivity contribution is 6.31. The molecule has 4 atom stereocenters. The van der Waals surface area contributed by atoms with Crippen LogP contribution in [0.2, 0.25) is 5.02 Å². The quantitative estimate of drug-likeness (QED) is 0.707.